The van der Waals surface area contributed by atoms with E-state index in [0.29, 0.717) is 12.5 Å². The van der Waals surface area contributed by atoms with Gasteiger partial charge in [0.05, 0.1) is 24.9 Å². The number of likely N-dealkylation sites (tertiary alicyclic amines) is 1. The van der Waals surface area contributed by atoms with Crippen molar-refractivity contribution < 1.29 is 9.47 Å². The molecule has 1 aliphatic rings. The second kappa shape index (κ2) is 11.3. The van der Waals surface area contributed by atoms with Crippen LogP contribution in [0.4, 0.5) is 0 Å². The number of hydrogen-bond donors (Lipinski definition) is 1. The maximum atomic E-state index is 5.54. The second-order valence-corrected chi connectivity index (χ2v) is 9.10. The van der Waals surface area contributed by atoms with E-state index in [-0.39, 0.29) is 0 Å². The molecule has 1 aromatic heterocycles. The van der Waals surface area contributed by atoms with Crippen LogP contribution in [0.15, 0.2) is 28.6 Å². The predicted molar refractivity (Wildman–Crippen MR) is 127 cm³/mol. The minimum Gasteiger partial charge on any atom is -0.497 e. The van der Waals surface area contributed by atoms with Crippen molar-refractivity contribution >= 4 is 17.3 Å². The number of hydrogen-bond acceptors (Lipinski definition) is 6. The molecule has 0 amide bonds. The van der Waals surface area contributed by atoms with Crippen LogP contribution in [0.3, 0.4) is 0 Å². The van der Waals surface area contributed by atoms with Gasteiger partial charge in [-0.1, -0.05) is 0 Å². The molecule has 2 aromatic rings. The number of aliphatic imine (C=N–C) groups is 1. The summed E-state index contributed by atoms with van der Waals surface area (Å²) in [6, 6.07) is 5.92. The molecule has 0 atom stereocenters. The monoisotopic (exact) mass is 445 g/mol. The van der Waals surface area contributed by atoms with Gasteiger partial charge in [-0.3, -0.25) is 9.89 Å². The third kappa shape index (κ3) is 6.58. The van der Waals surface area contributed by atoms with E-state index >= 15 is 0 Å². The Balaban J connectivity index is 1.46. The summed E-state index contributed by atoms with van der Waals surface area (Å²) in [4.78, 5) is 13.7. The molecule has 0 radical (unpaired) electrons. The van der Waals surface area contributed by atoms with E-state index in [4.69, 9.17) is 9.47 Å². The molecule has 1 aliphatic heterocycles. The van der Waals surface area contributed by atoms with Gasteiger partial charge in [-0.15, -0.1) is 11.3 Å². The number of benzene rings is 1. The first-order valence-corrected chi connectivity index (χ1v) is 11.7. The minimum absolute atomic E-state index is 0.661. The Labute approximate surface area is 190 Å². The van der Waals surface area contributed by atoms with E-state index < -0.39 is 0 Å². The maximum absolute atomic E-state index is 5.54. The van der Waals surface area contributed by atoms with E-state index in [1.807, 2.05) is 25.2 Å². The molecular formula is C23H35N5O2S. The van der Waals surface area contributed by atoms with Crippen LogP contribution in [0.5, 0.6) is 11.5 Å². The number of nitrogens with zero attached hydrogens (tertiary/aromatic N) is 4. The van der Waals surface area contributed by atoms with E-state index in [1.54, 1.807) is 25.6 Å². The first-order valence-electron chi connectivity index (χ1n) is 10.8. The standard InChI is InChI=1S/C23H35N5O2S/c1-17-26-20(16-31-17)15-28-10-8-18(9-11-28)13-25-23(24-2)27(3)14-19-6-7-21(29-4)12-22(19)30-5/h6-7,12,16,18H,8-11,13-15H2,1-5H3,(H,24,25). The average molecular weight is 446 g/mol. The largest absolute Gasteiger partial charge is 0.497 e. The lowest BCUT2D eigenvalue weighted by atomic mass is 9.97. The minimum atomic E-state index is 0.661. The summed E-state index contributed by atoms with van der Waals surface area (Å²) < 4.78 is 10.8. The van der Waals surface area contributed by atoms with Crippen molar-refractivity contribution in [2.75, 3.05) is 47.9 Å². The number of methoxy groups -OCH3 is 2. The number of rotatable bonds is 8. The first-order chi connectivity index (χ1) is 15.0. The second-order valence-electron chi connectivity index (χ2n) is 8.04. The zero-order valence-electron chi connectivity index (χ0n) is 19.4. The topological polar surface area (TPSA) is 62.2 Å². The Morgan fingerprint density at radius 3 is 2.68 bits per heavy atom. The first kappa shape index (κ1) is 23.3. The van der Waals surface area contributed by atoms with E-state index in [9.17, 15) is 0 Å². The fraction of sp³-hybridized carbons (Fsp3) is 0.565. The van der Waals surface area contributed by atoms with Crippen molar-refractivity contribution in [3.8, 4) is 11.5 Å². The van der Waals surface area contributed by atoms with Gasteiger partial charge in [0, 0.05) is 50.7 Å². The molecule has 31 heavy (non-hydrogen) atoms. The van der Waals surface area contributed by atoms with Gasteiger partial charge in [-0.2, -0.15) is 0 Å². The van der Waals surface area contributed by atoms with Crippen LogP contribution >= 0.6 is 11.3 Å². The summed E-state index contributed by atoms with van der Waals surface area (Å²) in [5, 5.41) is 6.90. The zero-order valence-corrected chi connectivity index (χ0v) is 20.2. The van der Waals surface area contributed by atoms with Gasteiger partial charge in [-0.25, -0.2) is 4.98 Å². The van der Waals surface area contributed by atoms with E-state index in [1.165, 1.54) is 18.5 Å². The molecule has 170 valence electrons. The lowest BCUT2D eigenvalue weighted by Crippen LogP contribution is -2.43. The van der Waals surface area contributed by atoms with Crippen molar-refractivity contribution in [3.05, 3.63) is 39.8 Å². The highest BCUT2D eigenvalue weighted by atomic mass is 32.1. The molecule has 0 spiro atoms. The number of aryl methyl sites for hydroxylation is 1. The molecule has 7 nitrogen and oxygen atoms in total. The number of ether oxygens (including phenoxy) is 2. The van der Waals surface area contributed by atoms with Gasteiger partial charge in [0.2, 0.25) is 0 Å². The number of thiazole rings is 1. The summed E-state index contributed by atoms with van der Waals surface area (Å²) >= 11 is 1.73. The quantitative estimate of drug-likeness (QED) is 0.496. The maximum Gasteiger partial charge on any atom is 0.193 e. The molecule has 3 rings (SSSR count). The number of piperidine rings is 1. The van der Waals surface area contributed by atoms with Crippen LogP contribution in [0, 0.1) is 12.8 Å². The van der Waals surface area contributed by atoms with Crippen LogP contribution < -0.4 is 14.8 Å². The van der Waals surface area contributed by atoms with Crippen molar-refractivity contribution in [2.24, 2.45) is 10.9 Å². The smallest absolute Gasteiger partial charge is 0.193 e. The van der Waals surface area contributed by atoms with Crippen LogP contribution in [-0.2, 0) is 13.1 Å². The Morgan fingerprint density at radius 2 is 2.06 bits per heavy atom. The highest BCUT2D eigenvalue weighted by Gasteiger charge is 2.21. The van der Waals surface area contributed by atoms with Crippen LogP contribution in [0.2, 0.25) is 0 Å². The molecule has 0 saturated carbocycles. The van der Waals surface area contributed by atoms with Gasteiger partial charge in [-0.05, 0) is 50.9 Å². The third-order valence-electron chi connectivity index (χ3n) is 5.78. The number of nitrogens with one attached hydrogen (secondary N) is 1. The van der Waals surface area contributed by atoms with E-state index in [2.05, 4.69) is 44.4 Å². The Hall–Kier alpha value is -2.32. The van der Waals surface area contributed by atoms with Gasteiger partial charge >= 0.3 is 0 Å². The Morgan fingerprint density at radius 1 is 1.29 bits per heavy atom. The van der Waals surface area contributed by atoms with Crippen molar-refractivity contribution in [3.63, 3.8) is 0 Å². The highest BCUT2D eigenvalue weighted by molar-refractivity contribution is 7.09. The SMILES string of the molecule is CN=C(NCC1CCN(Cc2csc(C)n2)CC1)N(C)Cc1ccc(OC)cc1OC. The van der Waals surface area contributed by atoms with Gasteiger partial charge < -0.3 is 19.7 Å². The van der Waals surface area contributed by atoms with Crippen molar-refractivity contribution in [1.82, 2.24) is 20.1 Å². The van der Waals surface area contributed by atoms with Crippen LogP contribution in [0.25, 0.3) is 0 Å². The molecular weight excluding hydrogens is 410 g/mol. The normalized spacial score (nSPS) is 15.7. The molecule has 0 unspecified atom stereocenters. The third-order valence-corrected chi connectivity index (χ3v) is 6.61. The average Bonchev–Trinajstić information content (AvgIpc) is 3.20. The lowest BCUT2D eigenvalue weighted by Gasteiger charge is -2.32. The molecule has 0 aliphatic carbocycles. The molecule has 8 heteroatoms. The summed E-state index contributed by atoms with van der Waals surface area (Å²) in [6.45, 7) is 6.94. The molecule has 1 fully saturated rings. The van der Waals surface area contributed by atoms with Crippen LogP contribution in [0.1, 0.15) is 29.1 Å². The van der Waals surface area contributed by atoms with Crippen molar-refractivity contribution in [1.29, 1.82) is 0 Å². The lowest BCUT2D eigenvalue weighted by molar-refractivity contribution is 0.176. The van der Waals surface area contributed by atoms with Gasteiger partial charge in [0.1, 0.15) is 11.5 Å². The van der Waals surface area contributed by atoms with Gasteiger partial charge in [0.25, 0.3) is 0 Å². The highest BCUT2D eigenvalue weighted by Crippen LogP contribution is 2.25. The summed E-state index contributed by atoms with van der Waals surface area (Å²) in [5.74, 6) is 3.18. The molecule has 0 bridgehead atoms. The fourth-order valence-electron chi connectivity index (χ4n) is 3.99. The summed E-state index contributed by atoms with van der Waals surface area (Å²) in [5.41, 5.74) is 2.30. The Bertz CT molecular complexity index is 861. The number of aromatic nitrogens is 1. The summed E-state index contributed by atoms with van der Waals surface area (Å²) in [6.07, 6.45) is 2.40. The number of guanidine groups is 1. The predicted octanol–water partition coefficient (Wildman–Crippen LogP) is 3.39. The molecule has 2 heterocycles. The molecule has 1 aromatic carbocycles. The molecule has 1 saturated heterocycles. The molecule has 1 N–H and O–H groups in total. The zero-order chi connectivity index (χ0) is 22.2. The fourth-order valence-corrected chi connectivity index (χ4v) is 4.60. The van der Waals surface area contributed by atoms with Gasteiger partial charge in [0.15, 0.2) is 5.96 Å². The van der Waals surface area contributed by atoms with E-state index in [0.717, 1.165) is 54.2 Å². The Kier molecular flexibility index (Phi) is 8.54. The summed E-state index contributed by atoms with van der Waals surface area (Å²) in [7, 11) is 7.24. The van der Waals surface area contributed by atoms with Crippen LogP contribution in [-0.4, -0.2) is 68.7 Å². The van der Waals surface area contributed by atoms with Crippen molar-refractivity contribution in [2.45, 2.75) is 32.9 Å².